The highest BCUT2D eigenvalue weighted by molar-refractivity contribution is 9.10. The molecule has 2 unspecified atom stereocenters. The van der Waals surface area contributed by atoms with Gasteiger partial charge in [0.15, 0.2) is 9.84 Å². The van der Waals surface area contributed by atoms with Gasteiger partial charge in [-0.2, -0.15) is 0 Å². The third kappa shape index (κ3) is 2.81. The van der Waals surface area contributed by atoms with Crippen LogP contribution in [0.5, 0.6) is 0 Å². The van der Waals surface area contributed by atoms with Crippen LogP contribution in [-0.4, -0.2) is 26.8 Å². The lowest BCUT2D eigenvalue weighted by Gasteiger charge is -2.43. The first-order valence-corrected chi connectivity index (χ1v) is 9.30. The maximum Gasteiger partial charge on any atom is 0.183 e. The van der Waals surface area contributed by atoms with E-state index in [1.54, 1.807) is 18.2 Å². The smallest absolute Gasteiger partial charge is 0.183 e. The van der Waals surface area contributed by atoms with Crippen LogP contribution in [0.3, 0.4) is 0 Å². The minimum Gasteiger partial charge on any atom is -0.315 e. The Morgan fingerprint density at radius 1 is 1.30 bits per heavy atom. The zero-order valence-electron chi connectivity index (χ0n) is 12.2. The van der Waals surface area contributed by atoms with E-state index in [9.17, 15) is 8.42 Å². The van der Waals surface area contributed by atoms with Crippen molar-refractivity contribution < 1.29 is 8.42 Å². The minimum atomic E-state index is -3.33. The van der Waals surface area contributed by atoms with E-state index in [1.165, 1.54) is 0 Å². The van der Waals surface area contributed by atoms with Crippen LogP contribution >= 0.6 is 15.9 Å². The Balaban J connectivity index is 2.46. The second-order valence-electron chi connectivity index (χ2n) is 6.16. The van der Waals surface area contributed by atoms with E-state index < -0.39 is 9.84 Å². The summed E-state index contributed by atoms with van der Waals surface area (Å²) in [5, 5.41) is 2.88. The first-order chi connectivity index (χ1) is 9.30. The molecule has 2 atom stereocenters. The first kappa shape index (κ1) is 16.0. The van der Waals surface area contributed by atoms with Gasteiger partial charge >= 0.3 is 0 Å². The molecule has 0 spiro atoms. The summed E-state index contributed by atoms with van der Waals surface area (Å²) in [6.45, 7) is 4.30. The third-order valence-corrected chi connectivity index (χ3v) is 7.60. The number of rotatable bonds is 3. The van der Waals surface area contributed by atoms with E-state index in [1.807, 2.05) is 13.1 Å². The number of hydrogen-bond acceptors (Lipinski definition) is 3. The van der Waals surface area contributed by atoms with Crippen molar-refractivity contribution in [1.29, 1.82) is 0 Å². The van der Waals surface area contributed by atoms with Crippen LogP contribution in [0.2, 0.25) is 0 Å². The summed E-state index contributed by atoms with van der Waals surface area (Å²) >= 11 is 3.37. The van der Waals surface area contributed by atoms with Crippen molar-refractivity contribution >= 4 is 25.8 Å². The maximum atomic E-state index is 13.0. The third-order valence-electron chi connectivity index (χ3n) is 4.38. The van der Waals surface area contributed by atoms with Crippen molar-refractivity contribution in [1.82, 2.24) is 5.32 Å². The lowest BCUT2D eigenvalue weighted by molar-refractivity contribution is 0.178. The normalized spacial score (nSPS) is 26.4. The molecule has 1 aromatic carbocycles. The maximum absolute atomic E-state index is 13.0. The molecule has 1 fully saturated rings. The van der Waals surface area contributed by atoms with Crippen LogP contribution in [0.15, 0.2) is 33.6 Å². The fourth-order valence-electron chi connectivity index (χ4n) is 3.33. The topological polar surface area (TPSA) is 46.2 Å². The highest BCUT2D eigenvalue weighted by Gasteiger charge is 2.45. The Morgan fingerprint density at radius 3 is 2.55 bits per heavy atom. The molecule has 3 nitrogen and oxygen atoms in total. The van der Waals surface area contributed by atoms with Crippen LogP contribution in [-0.2, 0) is 9.84 Å². The molecular formula is C15H22BrNO2S. The fourth-order valence-corrected chi connectivity index (χ4v) is 6.57. The Labute approximate surface area is 130 Å². The fraction of sp³-hybridized carbons (Fsp3) is 0.600. The van der Waals surface area contributed by atoms with E-state index >= 15 is 0 Å². The van der Waals surface area contributed by atoms with Gasteiger partial charge in [-0.15, -0.1) is 0 Å². The number of benzene rings is 1. The van der Waals surface area contributed by atoms with Gasteiger partial charge in [-0.3, -0.25) is 0 Å². The summed E-state index contributed by atoms with van der Waals surface area (Å²) in [5.74, 6) is 0. The van der Waals surface area contributed by atoms with Gasteiger partial charge in [0.25, 0.3) is 0 Å². The van der Waals surface area contributed by atoms with E-state index in [4.69, 9.17) is 0 Å². The minimum absolute atomic E-state index is 0.00794. The lowest BCUT2D eigenvalue weighted by atomic mass is 9.73. The highest BCUT2D eigenvalue weighted by atomic mass is 79.9. The predicted molar refractivity (Wildman–Crippen MR) is 85.6 cm³/mol. The molecule has 0 amide bonds. The molecule has 0 aliphatic heterocycles. The molecule has 2 rings (SSSR count). The molecule has 1 aliphatic carbocycles. The van der Waals surface area contributed by atoms with E-state index in [2.05, 4.69) is 35.1 Å². The molecular weight excluding hydrogens is 338 g/mol. The average Bonchev–Trinajstić information content (AvgIpc) is 2.37. The van der Waals surface area contributed by atoms with Crippen LogP contribution in [0.4, 0.5) is 0 Å². The second kappa shape index (κ2) is 5.78. The summed E-state index contributed by atoms with van der Waals surface area (Å²) < 4.78 is 26.6. The van der Waals surface area contributed by atoms with Crippen LogP contribution in [0, 0.1) is 5.41 Å². The molecule has 112 valence electrons. The van der Waals surface area contributed by atoms with Crippen molar-refractivity contribution in [2.75, 3.05) is 7.05 Å². The highest BCUT2D eigenvalue weighted by Crippen LogP contribution is 2.41. The molecule has 0 radical (unpaired) electrons. The summed E-state index contributed by atoms with van der Waals surface area (Å²) in [7, 11) is -1.47. The predicted octanol–water partition coefficient (Wildman–Crippen LogP) is 3.39. The van der Waals surface area contributed by atoms with Crippen LogP contribution < -0.4 is 5.32 Å². The van der Waals surface area contributed by atoms with Crippen molar-refractivity contribution in [2.24, 2.45) is 5.41 Å². The first-order valence-electron chi connectivity index (χ1n) is 6.96. The van der Waals surface area contributed by atoms with Gasteiger partial charge in [-0.05, 0) is 53.4 Å². The van der Waals surface area contributed by atoms with Crippen LogP contribution in [0.1, 0.15) is 33.1 Å². The summed E-state index contributed by atoms with van der Waals surface area (Å²) in [6, 6.07) is 7.07. The van der Waals surface area contributed by atoms with Crippen molar-refractivity contribution in [3.63, 3.8) is 0 Å². The number of halogens is 1. The van der Waals surface area contributed by atoms with Crippen LogP contribution in [0.25, 0.3) is 0 Å². The molecule has 1 N–H and O–H groups in total. The average molecular weight is 360 g/mol. The lowest BCUT2D eigenvalue weighted by Crippen LogP contribution is -2.54. The summed E-state index contributed by atoms with van der Waals surface area (Å²) in [4.78, 5) is 0.406. The van der Waals surface area contributed by atoms with E-state index in [0.29, 0.717) is 9.37 Å². The summed E-state index contributed by atoms with van der Waals surface area (Å²) in [6.07, 6.45) is 2.73. The van der Waals surface area contributed by atoms with Gasteiger partial charge in [0.2, 0.25) is 0 Å². The molecule has 0 aromatic heterocycles. The van der Waals surface area contributed by atoms with Gasteiger partial charge in [0.05, 0.1) is 10.1 Å². The zero-order valence-corrected chi connectivity index (χ0v) is 14.6. The monoisotopic (exact) mass is 359 g/mol. The Morgan fingerprint density at radius 2 is 1.95 bits per heavy atom. The molecule has 1 aliphatic rings. The van der Waals surface area contributed by atoms with Crippen molar-refractivity contribution in [2.45, 2.75) is 49.3 Å². The van der Waals surface area contributed by atoms with Gasteiger partial charge in [-0.1, -0.05) is 32.4 Å². The van der Waals surface area contributed by atoms with E-state index in [0.717, 1.165) is 19.3 Å². The molecule has 0 bridgehead atoms. The number of hydrogen-bond donors (Lipinski definition) is 1. The van der Waals surface area contributed by atoms with Gasteiger partial charge in [0, 0.05) is 10.5 Å². The van der Waals surface area contributed by atoms with Gasteiger partial charge in [-0.25, -0.2) is 8.42 Å². The molecule has 1 aromatic rings. The van der Waals surface area contributed by atoms with E-state index in [-0.39, 0.29) is 16.7 Å². The molecule has 20 heavy (non-hydrogen) atoms. The molecule has 1 saturated carbocycles. The van der Waals surface area contributed by atoms with Crippen molar-refractivity contribution in [3.05, 3.63) is 28.7 Å². The molecule has 5 heteroatoms. The standard InChI is InChI=1S/C15H22BrNO2S/c1-15(2)10-6-9-13(14(15)17-3)20(18,19)12-8-5-4-7-11(12)16/h4-5,7-8,13-14,17H,6,9-10H2,1-3H3. The Bertz CT molecular complexity index is 583. The Hall–Kier alpha value is -0.390. The van der Waals surface area contributed by atoms with Gasteiger partial charge < -0.3 is 5.32 Å². The largest absolute Gasteiger partial charge is 0.315 e. The molecule has 0 heterocycles. The second-order valence-corrected chi connectivity index (χ2v) is 9.15. The quantitative estimate of drug-likeness (QED) is 0.899. The Kier molecular flexibility index (Phi) is 4.62. The SMILES string of the molecule is CNC1C(S(=O)(=O)c2ccccc2Br)CCCC1(C)C. The number of nitrogens with one attached hydrogen (secondary N) is 1. The van der Waals surface area contributed by atoms with Gasteiger partial charge in [0.1, 0.15) is 0 Å². The molecule has 0 saturated heterocycles. The number of sulfone groups is 1. The summed E-state index contributed by atoms with van der Waals surface area (Å²) in [5.41, 5.74) is -0.00794. The van der Waals surface area contributed by atoms with Crippen molar-refractivity contribution in [3.8, 4) is 0 Å². The zero-order chi connectivity index (χ0) is 15.0.